The van der Waals surface area contributed by atoms with Gasteiger partial charge in [0.15, 0.2) is 0 Å². The third-order valence-electron chi connectivity index (χ3n) is 4.28. The van der Waals surface area contributed by atoms with Gasteiger partial charge in [0.05, 0.1) is 6.04 Å². The topological polar surface area (TPSA) is 3.24 Å². The van der Waals surface area contributed by atoms with Crippen molar-refractivity contribution in [3.63, 3.8) is 0 Å². The zero-order chi connectivity index (χ0) is 15.2. The summed E-state index contributed by atoms with van der Waals surface area (Å²) in [7, 11) is 0. The van der Waals surface area contributed by atoms with Crippen LogP contribution >= 0.6 is 0 Å². The van der Waals surface area contributed by atoms with Gasteiger partial charge in [-0.15, -0.1) is 0 Å². The van der Waals surface area contributed by atoms with Crippen LogP contribution in [-0.4, -0.2) is 18.0 Å². The van der Waals surface area contributed by atoms with Gasteiger partial charge in [-0.25, -0.2) is 0 Å². The van der Waals surface area contributed by atoms with Crippen molar-refractivity contribution in [1.82, 2.24) is 4.90 Å². The molecule has 1 atom stereocenters. The Morgan fingerprint density at radius 3 is 2.23 bits per heavy atom. The molecule has 1 fully saturated rings. The molecule has 22 heavy (non-hydrogen) atoms. The van der Waals surface area contributed by atoms with Crippen LogP contribution in [-0.2, 0) is 0 Å². The minimum atomic E-state index is 0.209. The van der Waals surface area contributed by atoms with Crippen LogP contribution in [0.4, 0.5) is 0 Å². The van der Waals surface area contributed by atoms with E-state index in [-0.39, 0.29) is 6.04 Å². The molecule has 0 aromatic heterocycles. The van der Waals surface area contributed by atoms with Crippen LogP contribution in [0.25, 0.3) is 0 Å². The van der Waals surface area contributed by atoms with E-state index in [1.165, 1.54) is 30.4 Å². The summed E-state index contributed by atoms with van der Waals surface area (Å²) in [6.45, 7) is 4.44. The van der Waals surface area contributed by atoms with E-state index in [1.807, 2.05) is 18.2 Å². The molecule has 1 saturated heterocycles. The molecule has 0 amide bonds. The second-order valence-corrected chi connectivity index (χ2v) is 6.05. The van der Waals surface area contributed by atoms with Gasteiger partial charge in [0.1, 0.15) is 0 Å². The van der Waals surface area contributed by atoms with Crippen molar-refractivity contribution in [1.29, 1.82) is 0 Å². The van der Waals surface area contributed by atoms with Crippen molar-refractivity contribution in [3.8, 4) is 11.8 Å². The molecule has 1 unspecified atom stereocenters. The second kappa shape index (κ2) is 7.29. The highest BCUT2D eigenvalue weighted by molar-refractivity contribution is 5.38. The number of aryl methyl sites for hydroxylation is 1. The van der Waals surface area contributed by atoms with Gasteiger partial charge >= 0.3 is 0 Å². The molecule has 0 bridgehead atoms. The first-order chi connectivity index (χ1) is 10.8. The largest absolute Gasteiger partial charge is 0.286 e. The van der Waals surface area contributed by atoms with Crippen LogP contribution in [0.15, 0.2) is 54.6 Å². The van der Waals surface area contributed by atoms with Gasteiger partial charge in [-0.2, -0.15) is 0 Å². The lowest BCUT2D eigenvalue weighted by Crippen LogP contribution is -2.33. The Balaban J connectivity index is 1.89. The molecular formula is C21H23N. The Bertz CT molecular complexity index is 640. The van der Waals surface area contributed by atoms with Gasteiger partial charge in [0, 0.05) is 5.56 Å². The van der Waals surface area contributed by atoms with E-state index in [4.69, 9.17) is 0 Å². The number of piperidine rings is 1. The molecule has 1 nitrogen and oxygen atoms in total. The Kier molecular flexibility index (Phi) is 4.93. The molecule has 3 rings (SSSR count). The quantitative estimate of drug-likeness (QED) is 0.732. The molecule has 1 aliphatic rings. The summed E-state index contributed by atoms with van der Waals surface area (Å²) >= 11 is 0. The van der Waals surface area contributed by atoms with Crippen LogP contribution in [0, 0.1) is 18.8 Å². The summed E-state index contributed by atoms with van der Waals surface area (Å²) in [5.41, 5.74) is 3.71. The van der Waals surface area contributed by atoms with Crippen molar-refractivity contribution < 1.29 is 0 Å². The Hall–Kier alpha value is -2.04. The third kappa shape index (κ3) is 3.78. The minimum absolute atomic E-state index is 0.209. The molecule has 0 radical (unpaired) electrons. The maximum atomic E-state index is 3.52. The highest BCUT2D eigenvalue weighted by Gasteiger charge is 2.20. The standard InChI is InChI=1S/C21H23N/c1-18-10-13-20(14-11-18)21(22-16-6-3-7-17-22)15-12-19-8-4-2-5-9-19/h2,4-5,8-11,13-14,21H,3,6-7,16-17H2,1H3. The van der Waals surface area contributed by atoms with E-state index in [0.29, 0.717) is 0 Å². The lowest BCUT2D eigenvalue weighted by atomic mass is 10.0. The minimum Gasteiger partial charge on any atom is -0.286 e. The fourth-order valence-electron chi connectivity index (χ4n) is 2.98. The van der Waals surface area contributed by atoms with Gasteiger partial charge in [-0.05, 0) is 50.6 Å². The van der Waals surface area contributed by atoms with Gasteiger partial charge in [0.25, 0.3) is 0 Å². The monoisotopic (exact) mass is 289 g/mol. The zero-order valence-corrected chi connectivity index (χ0v) is 13.3. The Labute approximate surface area is 134 Å². The number of hydrogen-bond donors (Lipinski definition) is 0. The normalized spacial score (nSPS) is 16.6. The predicted molar refractivity (Wildman–Crippen MR) is 92.7 cm³/mol. The van der Waals surface area contributed by atoms with Crippen molar-refractivity contribution in [2.45, 2.75) is 32.2 Å². The summed E-state index contributed by atoms with van der Waals surface area (Å²) < 4.78 is 0. The van der Waals surface area contributed by atoms with Gasteiger partial charge in [0.2, 0.25) is 0 Å². The number of nitrogens with zero attached hydrogens (tertiary/aromatic N) is 1. The summed E-state index contributed by atoms with van der Waals surface area (Å²) in [6.07, 6.45) is 3.92. The molecule has 0 N–H and O–H groups in total. The molecule has 0 spiro atoms. The first-order valence-electron chi connectivity index (χ1n) is 8.20. The number of likely N-dealkylation sites (tertiary alicyclic amines) is 1. The van der Waals surface area contributed by atoms with E-state index in [2.05, 4.69) is 60.1 Å². The van der Waals surface area contributed by atoms with Crippen molar-refractivity contribution in [3.05, 3.63) is 71.3 Å². The molecule has 0 aliphatic carbocycles. The Morgan fingerprint density at radius 2 is 1.55 bits per heavy atom. The van der Waals surface area contributed by atoms with E-state index in [0.717, 1.165) is 18.7 Å². The highest BCUT2D eigenvalue weighted by Crippen LogP contribution is 2.24. The fraction of sp³-hybridized carbons (Fsp3) is 0.333. The van der Waals surface area contributed by atoms with E-state index in [9.17, 15) is 0 Å². The molecule has 1 heteroatoms. The summed E-state index contributed by atoms with van der Waals surface area (Å²) in [5.74, 6) is 6.88. The van der Waals surface area contributed by atoms with Crippen LogP contribution in [0.2, 0.25) is 0 Å². The molecule has 112 valence electrons. The lowest BCUT2D eigenvalue weighted by Gasteiger charge is -2.31. The first kappa shape index (κ1) is 14.9. The van der Waals surface area contributed by atoms with Crippen LogP contribution in [0.1, 0.15) is 42.0 Å². The Morgan fingerprint density at radius 1 is 0.864 bits per heavy atom. The van der Waals surface area contributed by atoms with Crippen molar-refractivity contribution in [2.75, 3.05) is 13.1 Å². The smallest absolute Gasteiger partial charge is 0.0974 e. The average Bonchev–Trinajstić information content (AvgIpc) is 2.58. The predicted octanol–water partition coefficient (Wildman–Crippen LogP) is 4.57. The lowest BCUT2D eigenvalue weighted by molar-refractivity contribution is 0.197. The van der Waals surface area contributed by atoms with Crippen molar-refractivity contribution >= 4 is 0 Å². The number of rotatable bonds is 2. The zero-order valence-electron chi connectivity index (χ0n) is 13.3. The van der Waals surface area contributed by atoms with Crippen LogP contribution in [0.5, 0.6) is 0 Å². The van der Waals surface area contributed by atoms with E-state index < -0.39 is 0 Å². The van der Waals surface area contributed by atoms with E-state index >= 15 is 0 Å². The SMILES string of the molecule is Cc1ccc(C(C#Cc2ccccc2)N2CCCCC2)cc1. The maximum Gasteiger partial charge on any atom is 0.0974 e. The molecule has 1 aliphatic heterocycles. The summed E-state index contributed by atoms with van der Waals surface area (Å²) in [6, 6.07) is 19.3. The summed E-state index contributed by atoms with van der Waals surface area (Å²) in [5, 5.41) is 0. The number of benzene rings is 2. The van der Waals surface area contributed by atoms with Crippen LogP contribution < -0.4 is 0 Å². The van der Waals surface area contributed by atoms with Crippen molar-refractivity contribution in [2.24, 2.45) is 0 Å². The van der Waals surface area contributed by atoms with Gasteiger partial charge in [-0.1, -0.05) is 66.3 Å². The summed E-state index contributed by atoms with van der Waals surface area (Å²) in [4.78, 5) is 2.53. The van der Waals surface area contributed by atoms with E-state index in [1.54, 1.807) is 0 Å². The molecule has 2 aromatic rings. The number of hydrogen-bond acceptors (Lipinski definition) is 1. The average molecular weight is 289 g/mol. The molecule has 0 saturated carbocycles. The highest BCUT2D eigenvalue weighted by atomic mass is 15.2. The van der Waals surface area contributed by atoms with Crippen LogP contribution in [0.3, 0.4) is 0 Å². The van der Waals surface area contributed by atoms with Gasteiger partial charge in [-0.3, -0.25) is 4.90 Å². The molecule has 2 aromatic carbocycles. The maximum absolute atomic E-state index is 3.52. The van der Waals surface area contributed by atoms with Gasteiger partial charge < -0.3 is 0 Å². The third-order valence-corrected chi connectivity index (χ3v) is 4.28. The fourth-order valence-corrected chi connectivity index (χ4v) is 2.98. The second-order valence-electron chi connectivity index (χ2n) is 6.05. The molecular weight excluding hydrogens is 266 g/mol. The first-order valence-corrected chi connectivity index (χ1v) is 8.20. The molecule has 1 heterocycles.